The lowest BCUT2D eigenvalue weighted by Crippen LogP contribution is -2.72. The van der Waals surface area contributed by atoms with Crippen LogP contribution in [0.25, 0.3) is 0 Å². The molecule has 1 N–H and O–H groups in total. The average molecular weight is 544 g/mol. The Labute approximate surface area is 229 Å². The number of piperidine rings is 1. The van der Waals surface area contributed by atoms with Gasteiger partial charge >= 0.3 is 0 Å². The Balaban J connectivity index is 1.30. The van der Waals surface area contributed by atoms with Gasteiger partial charge in [0, 0.05) is 29.5 Å². The minimum atomic E-state index is -0.788. The molecule has 200 valence electrons. The van der Waals surface area contributed by atoms with E-state index in [2.05, 4.69) is 16.3 Å². The number of carbonyl (C=O) groups is 2. The van der Waals surface area contributed by atoms with E-state index >= 15 is 0 Å². The van der Waals surface area contributed by atoms with Crippen molar-refractivity contribution < 1.29 is 14.3 Å². The summed E-state index contributed by atoms with van der Waals surface area (Å²) in [7, 11) is 0. The highest BCUT2D eigenvalue weighted by molar-refractivity contribution is 7.09. The molecule has 2 aliphatic heterocycles. The van der Waals surface area contributed by atoms with Gasteiger partial charge in [0.2, 0.25) is 11.8 Å². The van der Waals surface area contributed by atoms with Crippen molar-refractivity contribution in [3.05, 3.63) is 51.2 Å². The third-order valence-electron chi connectivity index (χ3n) is 8.41. The fourth-order valence-electron chi connectivity index (χ4n) is 6.31. The van der Waals surface area contributed by atoms with Gasteiger partial charge in [0.1, 0.15) is 17.3 Å². The summed E-state index contributed by atoms with van der Waals surface area (Å²) in [5.74, 6) is 1.43. The summed E-state index contributed by atoms with van der Waals surface area (Å²) in [6.07, 6.45) is 8.10. The number of nitrogens with zero attached hydrogens (tertiary/aromatic N) is 2. The van der Waals surface area contributed by atoms with Crippen LogP contribution in [-0.4, -0.2) is 52.9 Å². The molecule has 3 fully saturated rings. The quantitative estimate of drug-likeness (QED) is 0.468. The van der Waals surface area contributed by atoms with Crippen molar-refractivity contribution in [1.82, 2.24) is 15.1 Å². The number of rotatable bonds is 8. The maximum Gasteiger partial charge on any atom is 0.246 e. The zero-order valence-corrected chi connectivity index (χ0v) is 23.3. The van der Waals surface area contributed by atoms with Crippen molar-refractivity contribution in [1.29, 1.82) is 0 Å². The van der Waals surface area contributed by atoms with Gasteiger partial charge in [-0.2, -0.15) is 0 Å². The molecule has 1 aromatic heterocycles. The third-order valence-corrected chi connectivity index (χ3v) is 9.62. The van der Waals surface area contributed by atoms with Gasteiger partial charge in [0.25, 0.3) is 0 Å². The van der Waals surface area contributed by atoms with E-state index in [0.717, 1.165) is 35.7 Å². The van der Waals surface area contributed by atoms with Crippen LogP contribution in [0.4, 0.5) is 0 Å². The largest absolute Gasteiger partial charge is 0.494 e. The highest BCUT2D eigenvalue weighted by Gasteiger charge is 2.53. The Bertz CT molecular complexity index is 1080. The number of amides is 2. The molecule has 3 heterocycles. The van der Waals surface area contributed by atoms with Gasteiger partial charge in [-0.15, -0.1) is 11.3 Å². The minimum Gasteiger partial charge on any atom is -0.494 e. The predicted molar refractivity (Wildman–Crippen MR) is 148 cm³/mol. The molecular formula is C29H38ClN3O3S. The summed E-state index contributed by atoms with van der Waals surface area (Å²) in [6, 6.07) is 9.53. The first-order valence-corrected chi connectivity index (χ1v) is 15.0. The van der Waals surface area contributed by atoms with Crippen molar-refractivity contribution in [3.8, 4) is 5.75 Å². The number of benzene rings is 1. The van der Waals surface area contributed by atoms with Crippen molar-refractivity contribution in [2.24, 2.45) is 5.92 Å². The maximum absolute atomic E-state index is 13.9. The lowest BCUT2D eigenvalue weighted by molar-refractivity contribution is -0.162. The van der Waals surface area contributed by atoms with Crippen molar-refractivity contribution in [2.45, 2.75) is 83.0 Å². The van der Waals surface area contributed by atoms with Gasteiger partial charge in [-0.25, -0.2) is 0 Å². The summed E-state index contributed by atoms with van der Waals surface area (Å²) < 4.78 is 5.56. The SMILES string of the molecule is CCOc1ccc(CN2CCC3(CC2)C(=O)NC(CC2CCCCC2)C(=O)N3Cc2cccs2)c(Cl)c1. The number of piperazine rings is 1. The Morgan fingerprint density at radius 1 is 1.11 bits per heavy atom. The van der Waals surface area contributed by atoms with Gasteiger partial charge in [-0.1, -0.05) is 55.8 Å². The number of ether oxygens (including phenoxy) is 1. The lowest BCUT2D eigenvalue weighted by atomic mass is 9.79. The molecule has 0 bridgehead atoms. The second kappa shape index (κ2) is 11.7. The highest BCUT2D eigenvalue weighted by Crippen LogP contribution is 2.38. The van der Waals surface area contributed by atoms with Crippen LogP contribution in [0.5, 0.6) is 5.75 Å². The number of halogens is 1. The molecule has 37 heavy (non-hydrogen) atoms. The third kappa shape index (κ3) is 5.84. The smallest absolute Gasteiger partial charge is 0.246 e. The number of hydrogen-bond acceptors (Lipinski definition) is 5. The molecule has 1 aromatic carbocycles. The second-order valence-electron chi connectivity index (χ2n) is 10.8. The van der Waals surface area contributed by atoms with Crippen LogP contribution in [0.15, 0.2) is 35.7 Å². The van der Waals surface area contributed by atoms with Gasteiger partial charge in [0.05, 0.1) is 13.2 Å². The van der Waals surface area contributed by atoms with Crippen LogP contribution in [-0.2, 0) is 22.7 Å². The van der Waals surface area contributed by atoms with E-state index in [1.54, 1.807) is 11.3 Å². The van der Waals surface area contributed by atoms with Gasteiger partial charge in [-0.3, -0.25) is 14.5 Å². The Hall–Kier alpha value is -2.09. The molecule has 1 aliphatic carbocycles. The Morgan fingerprint density at radius 2 is 1.89 bits per heavy atom. The van der Waals surface area contributed by atoms with Crippen molar-refractivity contribution in [3.63, 3.8) is 0 Å². The standard InChI is InChI=1S/C29H38ClN3O3S/c1-2-36-23-11-10-22(25(30)18-23)19-32-14-12-29(13-15-32)28(35)31-26(17-21-7-4-3-5-8-21)27(34)33(29)20-24-9-6-16-37-24/h6,9-11,16,18,21,26H,2-5,7-8,12-15,17,19-20H2,1H3,(H,31,35). The Morgan fingerprint density at radius 3 is 2.57 bits per heavy atom. The van der Waals surface area contributed by atoms with Crippen LogP contribution < -0.4 is 10.1 Å². The van der Waals surface area contributed by atoms with Crippen LogP contribution in [0.3, 0.4) is 0 Å². The minimum absolute atomic E-state index is 0.0308. The molecule has 1 unspecified atom stereocenters. The second-order valence-corrected chi connectivity index (χ2v) is 12.2. The summed E-state index contributed by atoms with van der Waals surface area (Å²) in [6.45, 7) is 5.25. The van der Waals surface area contributed by atoms with E-state index in [1.807, 2.05) is 41.5 Å². The first-order valence-electron chi connectivity index (χ1n) is 13.8. The fraction of sp³-hybridized carbons (Fsp3) is 0.586. The molecule has 2 saturated heterocycles. The zero-order chi connectivity index (χ0) is 25.8. The first kappa shape index (κ1) is 26.5. The fourth-order valence-corrected chi connectivity index (χ4v) is 7.23. The lowest BCUT2D eigenvalue weighted by Gasteiger charge is -2.52. The van der Waals surface area contributed by atoms with E-state index in [-0.39, 0.29) is 11.8 Å². The molecule has 5 rings (SSSR count). The van der Waals surface area contributed by atoms with E-state index in [9.17, 15) is 9.59 Å². The number of nitrogens with one attached hydrogen (secondary N) is 1. The van der Waals surface area contributed by atoms with Crippen LogP contribution in [0, 0.1) is 5.92 Å². The molecule has 1 atom stereocenters. The molecule has 6 nitrogen and oxygen atoms in total. The molecular weight excluding hydrogens is 506 g/mol. The molecule has 2 amide bonds. The van der Waals surface area contributed by atoms with Crippen molar-refractivity contribution in [2.75, 3.05) is 19.7 Å². The van der Waals surface area contributed by atoms with E-state index in [1.165, 1.54) is 32.1 Å². The van der Waals surface area contributed by atoms with Gasteiger partial charge in [-0.05, 0) is 61.2 Å². The molecule has 2 aromatic rings. The normalized spacial score (nSPS) is 22.9. The van der Waals surface area contributed by atoms with Gasteiger partial charge < -0.3 is 15.0 Å². The molecule has 1 saturated carbocycles. The molecule has 3 aliphatic rings. The molecule has 0 radical (unpaired) electrons. The van der Waals surface area contributed by atoms with E-state index < -0.39 is 11.6 Å². The topological polar surface area (TPSA) is 61.9 Å². The van der Waals surface area contributed by atoms with E-state index in [4.69, 9.17) is 16.3 Å². The zero-order valence-electron chi connectivity index (χ0n) is 21.7. The molecule has 1 spiro atoms. The van der Waals surface area contributed by atoms with E-state index in [0.29, 0.717) is 43.5 Å². The highest BCUT2D eigenvalue weighted by atomic mass is 35.5. The van der Waals surface area contributed by atoms with Crippen molar-refractivity contribution >= 4 is 34.8 Å². The number of hydrogen-bond donors (Lipinski definition) is 1. The predicted octanol–water partition coefficient (Wildman–Crippen LogP) is 5.63. The maximum atomic E-state index is 13.9. The van der Waals surface area contributed by atoms with Gasteiger partial charge in [0.15, 0.2) is 0 Å². The number of carbonyl (C=O) groups excluding carboxylic acids is 2. The number of likely N-dealkylation sites (tertiary alicyclic amines) is 1. The Kier molecular flexibility index (Phi) is 8.42. The summed E-state index contributed by atoms with van der Waals surface area (Å²) in [5, 5.41) is 5.93. The first-order chi connectivity index (χ1) is 18.0. The summed E-state index contributed by atoms with van der Waals surface area (Å²) in [4.78, 5) is 33.1. The summed E-state index contributed by atoms with van der Waals surface area (Å²) in [5.41, 5.74) is 0.261. The number of thiophene rings is 1. The molecule has 8 heteroatoms. The summed E-state index contributed by atoms with van der Waals surface area (Å²) >= 11 is 8.20. The van der Waals surface area contributed by atoms with Crippen LogP contribution >= 0.6 is 22.9 Å². The average Bonchev–Trinajstić information content (AvgIpc) is 3.42. The van der Waals surface area contributed by atoms with Crippen LogP contribution in [0.1, 0.15) is 68.7 Å². The van der Waals surface area contributed by atoms with Crippen LogP contribution in [0.2, 0.25) is 5.02 Å². The monoisotopic (exact) mass is 543 g/mol.